The van der Waals surface area contributed by atoms with Crippen LogP contribution in [0.3, 0.4) is 0 Å². The number of rotatable bonds is 2. The summed E-state index contributed by atoms with van der Waals surface area (Å²) in [5.41, 5.74) is 1.61. The molecule has 0 radical (unpaired) electrons. The van der Waals surface area contributed by atoms with E-state index in [0.29, 0.717) is 10.8 Å². The van der Waals surface area contributed by atoms with Crippen LogP contribution in [0.4, 0.5) is 0 Å². The topological polar surface area (TPSA) is 23.6 Å². The molecular weight excluding hydrogens is 264 g/mol. The zero-order valence-corrected chi connectivity index (χ0v) is 12.1. The monoisotopic (exact) mass is 278 g/mol. The van der Waals surface area contributed by atoms with Gasteiger partial charge in [0.1, 0.15) is 5.70 Å². The Balaban J connectivity index is 2.32. The summed E-state index contributed by atoms with van der Waals surface area (Å²) < 4.78 is 0. The van der Waals surface area contributed by atoms with Crippen molar-refractivity contribution in [3.8, 4) is 0 Å². The molecule has 1 saturated heterocycles. The Kier molecular flexibility index (Phi) is 3.73. The molecule has 1 aliphatic heterocycles. The third-order valence-electron chi connectivity index (χ3n) is 2.88. The molecule has 1 aliphatic rings. The maximum absolute atomic E-state index is 12.0. The predicted molar refractivity (Wildman–Crippen MR) is 79.3 cm³/mol. The number of carbonyl (C=O) groups is 1. The average Bonchev–Trinajstić information content (AvgIpc) is 2.57. The van der Waals surface area contributed by atoms with Crippen molar-refractivity contribution in [1.82, 2.24) is 9.80 Å². The normalized spacial score (nSPS) is 18.1. The zero-order valence-electron chi connectivity index (χ0n) is 10.5. The second-order valence-corrected chi connectivity index (χ2v) is 5.25. The van der Waals surface area contributed by atoms with Crippen LogP contribution in [0.1, 0.15) is 5.56 Å². The van der Waals surface area contributed by atoms with E-state index in [9.17, 15) is 4.79 Å². The van der Waals surface area contributed by atoms with Crippen LogP contribution in [-0.4, -0.2) is 41.2 Å². The molecule has 1 heterocycles. The fraction of sp³-hybridized carbons (Fsp3) is 0.231. The summed E-state index contributed by atoms with van der Waals surface area (Å²) in [7, 11) is 3.50. The summed E-state index contributed by atoms with van der Waals surface area (Å²) in [5.74, 6) is -0.0588. The molecule has 0 saturated carbocycles. The summed E-state index contributed by atoms with van der Waals surface area (Å²) in [5, 5.41) is 0.534. The molecule has 1 aromatic carbocycles. The minimum Gasteiger partial charge on any atom is -0.317 e. The summed E-state index contributed by atoms with van der Waals surface area (Å²) >= 11 is 6.86. The lowest BCUT2D eigenvalue weighted by Crippen LogP contribution is -2.26. The largest absolute Gasteiger partial charge is 0.317 e. The van der Waals surface area contributed by atoms with Gasteiger partial charge in [-0.3, -0.25) is 9.69 Å². The van der Waals surface area contributed by atoms with Gasteiger partial charge in [0.25, 0.3) is 5.91 Å². The number of likely N-dealkylation sites (N-methyl/N-ethyl adjacent to an activating group) is 2. The first kappa shape index (κ1) is 13.1. The Morgan fingerprint density at radius 3 is 2.22 bits per heavy atom. The number of hydrogen-bond donors (Lipinski definition) is 0. The number of nitrogens with zero attached hydrogens (tertiary/aromatic N) is 2. The van der Waals surface area contributed by atoms with Crippen LogP contribution >= 0.6 is 24.0 Å². The third-order valence-corrected chi connectivity index (χ3v) is 4.17. The first-order valence-electron chi connectivity index (χ1n) is 5.46. The van der Waals surface area contributed by atoms with Crippen LogP contribution in [0.25, 0.3) is 6.08 Å². The fourth-order valence-electron chi connectivity index (χ4n) is 1.75. The highest BCUT2D eigenvalue weighted by molar-refractivity contribution is 7.98. The highest BCUT2D eigenvalue weighted by atomic mass is 32.2. The Morgan fingerprint density at radius 1 is 1.17 bits per heavy atom. The van der Waals surface area contributed by atoms with Crippen LogP contribution in [0.15, 0.2) is 34.9 Å². The first-order valence-corrected chi connectivity index (χ1v) is 7.09. The van der Waals surface area contributed by atoms with Crippen molar-refractivity contribution in [3.05, 3.63) is 35.5 Å². The Hall–Kier alpha value is -1.33. The lowest BCUT2D eigenvalue weighted by Gasteiger charge is -2.11. The first-order chi connectivity index (χ1) is 8.54. The molecule has 1 aromatic rings. The maximum atomic E-state index is 12.0. The SMILES string of the molecule is CSc1ccc(/C=C2\C(=O)N(C)C(=S)N2C)cc1. The van der Waals surface area contributed by atoms with Crippen LogP contribution in [-0.2, 0) is 4.79 Å². The number of thioether (sulfide) groups is 1. The molecule has 0 spiro atoms. The van der Waals surface area contributed by atoms with Crippen molar-refractivity contribution in [2.24, 2.45) is 0 Å². The number of thiocarbonyl (C=S) groups is 1. The third kappa shape index (κ3) is 2.28. The van der Waals surface area contributed by atoms with E-state index < -0.39 is 0 Å². The van der Waals surface area contributed by atoms with Gasteiger partial charge in [0, 0.05) is 19.0 Å². The Bertz CT molecular complexity index is 522. The Labute approximate surface area is 116 Å². The Morgan fingerprint density at radius 2 is 1.78 bits per heavy atom. The predicted octanol–water partition coefficient (Wildman–Crippen LogP) is 2.44. The van der Waals surface area contributed by atoms with E-state index in [2.05, 4.69) is 0 Å². The van der Waals surface area contributed by atoms with E-state index in [-0.39, 0.29) is 5.91 Å². The maximum Gasteiger partial charge on any atom is 0.276 e. The minimum atomic E-state index is -0.0588. The molecule has 2 rings (SSSR count). The lowest BCUT2D eigenvalue weighted by atomic mass is 10.2. The molecule has 1 amide bonds. The van der Waals surface area contributed by atoms with Gasteiger partial charge in [0.2, 0.25) is 0 Å². The molecule has 0 unspecified atom stereocenters. The van der Waals surface area contributed by atoms with Gasteiger partial charge in [-0.1, -0.05) is 12.1 Å². The smallest absolute Gasteiger partial charge is 0.276 e. The van der Waals surface area contributed by atoms with Gasteiger partial charge in [-0.2, -0.15) is 0 Å². The fourth-order valence-corrected chi connectivity index (χ4v) is 2.34. The molecule has 18 heavy (non-hydrogen) atoms. The second-order valence-electron chi connectivity index (χ2n) is 4.01. The van der Waals surface area contributed by atoms with Crippen LogP contribution < -0.4 is 0 Å². The molecule has 3 nitrogen and oxygen atoms in total. The molecule has 0 aliphatic carbocycles. The number of hydrogen-bond acceptors (Lipinski definition) is 3. The number of amides is 1. The van der Waals surface area contributed by atoms with Crippen LogP contribution in [0.2, 0.25) is 0 Å². The van der Waals surface area contributed by atoms with Gasteiger partial charge in [0.05, 0.1) is 0 Å². The number of carbonyl (C=O) groups excluding carboxylic acids is 1. The summed E-state index contributed by atoms with van der Waals surface area (Å²) in [6.45, 7) is 0. The van der Waals surface area contributed by atoms with Crippen LogP contribution in [0, 0.1) is 0 Å². The molecule has 0 bridgehead atoms. The molecular formula is C13H14N2OS2. The van der Waals surface area contributed by atoms with Crippen molar-refractivity contribution in [3.63, 3.8) is 0 Å². The van der Waals surface area contributed by atoms with Gasteiger partial charge in [0.15, 0.2) is 5.11 Å². The standard InChI is InChI=1S/C13H14N2OS2/c1-14-11(12(16)15(2)13(14)17)8-9-4-6-10(18-3)7-5-9/h4-8H,1-3H3/b11-8+. The minimum absolute atomic E-state index is 0.0588. The summed E-state index contributed by atoms with van der Waals surface area (Å²) in [6, 6.07) is 8.08. The van der Waals surface area contributed by atoms with Crippen molar-refractivity contribution < 1.29 is 4.79 Å². The number of benzene rings is 1. The van der Waals surface area contributed by atoms with Gasteiger partial charge < -0.3 is 4.90 Å². The van der Waals surface area contributed by atoms with Gasteiger partial charge in [-0.15, -0.1) is 11.8 Å². The van der Waals surface area contributed by atoms with E-state index in [1.54, 1.807) is 23.7 Å². The van der Waals surface area contributed by atoms with Crippen LogP contribution in [0.5, 0.6) is 0 Å². The second kappa shape index (κ2) is 5.12. The molecule has 94 valence electrons. The molecule has 1 fully saturated rings. The van der Waals surface area contributed by atoms with Crippen molar-refractivity contribution in [2.45, 2.75) is 4.90 Å². The van der Waals surface area contributed by atoms with E-state index in [4.69, 9.17) is 12.2 Å². The zero-order chi connectivity index (χ0) is 13.3. The lowest BCUT2D eigenvalue weighted by molar-refractivity contribution is -0.121. The molecule has 0 aromatic heterocycles. The average molecular weight is 278 g/mol. The summed E-state index contributed by atoms with van der Waals surface area (Å²) in [4.78, 5) is 16.4. The van der Waals surface area contributed by atoms with Gasteiger partial charge in [-0.25, -0.2) is 0 Å². The van der Waals surface area contributed by atoms with E-state index in [0.717, 1.165) is 5.56 Å². The summed E-state index contributed by atoms with van der Waals surface area (Å²) in [6.07, 6.45) is 3.90. The van der Waals surface area contributed by atoms with Crippen molar-refractivity contribution in [1.29, 1.82) is 0 Å². The van der Waals surface area contributed by atoms with Gasteiger partial charge in [-0.05, 0) is 42.2 Å². The van der Waals surface area contributed by atoms with Crippen molar-refractivity contribution >= 4 is 41.1 Å². The van der Waals surface area contributed by atoms with Crippen molar-refractivity contribution in [2.75, 3.05) is 20.4 Å². The highest BCUT2D eigenvalue weighted by Crippen LogP contribution is 2.22. The molecule has 0 atom stereocenters. The van der Waals surface area contributed by atoms with Gasteiger partial charge >= 0.3 is 0 Å². The quantitative estimate of drug-likeness (QED) is 0.471. The highest BCUT2D eigenvalue weighted by Gasteiger charge is 2.32. The van der Waals surface area contributed by atoms with E-state index in [1.807, 2.05) is 43.6 Å². The van der Waals surface area contributed by atoms with E-state index >= 15 is 0 Å². The molecule has 0 N–H and O–H groups in total. The van der Waals surface area contributed by atoms with E-state index in [1.165, 1.54) is 9.80 Å². The molecule has 5 heteroatoms.